The maximum atomic E-state index is 13.0. The molecule has 2 aliphatic heterocycles. The van der Waals surface area contributed by atoms with E-state index in [0.29, 0.717) is 54.6 Å². The van der Waals surface area contributed by atoms with Gasteiger partial charge in [-0.15, -0.1) is 0 Å². The van der Waals surface area contributed by atoms with Crippen LogP contribution in [-0.2, 0) is 17.8 Å². The van der Waals surface area contributed by atoms with Gasteiger partial charge in [0.05, 0.1) is 0 Å². The summed E-state index contributed by atoms with van der Waals surface area (Å²) in [6.07, 6.45) is 3.52. The van der Waals surface area contributed by atoms with Crippen molar-refractivity contribution in [2.45, 2.75) is 45.7 Å². The molecule has 8 nitrogen and oxygen atoms in total. The highest BCUT2D eigenvalue weighted by Gasteiger charge is 2.39. The number of rotatable bonds is 7. The van der Waals surface area contributed by atoms with E-state index in [2.05, 4.69) is 41.0 Å². The fourth-order valence-electron chi connectivity index (χ4n) is 4.23. The van der Waals surface area contributed by atoms with Crippen LogP contribution in [0.15, 0.2) is 42.7 Å². The van der Waals surface area contributed by atoms with E-state index in [-0.39, 0.29) is 24.3 Å². The lowest BCUT2D eigenvalue weighted by Crippen LogP contribution is -2.49. The second kappa shape index (κ2) is 9.08. The number of aliphatic hydroxyl groups excluding tert-OH is 1. The fourth-order valence-corrected chi connectivity index (χ4v) is 4.23. The Kier molecular flexibility index (Phi) is 6.23. The summed E-state index contributed by atoms with van der Waals surface area (Å²) in [6.45, 7) is 8.40. The standard InChI is InChI=1S/C24H29N5O3/c1-14(2)16(13-30)11-22-25-10-9-21(28-22)27-19-6-4-5-17-18(19)12-29(24(17)32)20-8-7-15(3)26-23(20)31/h4-6,9-10,14,16,20,30H,3,7-8,11-13H2,1-2H3,(H,26,31)(H,25,27,28). The Balaban J connectivity index is 1.54. The highest BCUT2D eigenvalue weighted by Crippen LogP contribution is 2.33. The van der Waals surface area contributed by atoms with Gasteiger partial charge in [-0.3, -0.25) is 9.59 Å². The first-order valence-corrected chi connectivity index (χ1v) is 11.0. The van der Waals surface area contributed by atoms with Crippen molar-refractivity contribution >= 4 is 23.3 Å². The van der Waals surface area contributed by atoms with Crippen LogP contribution in [0.3, 0.4) is 0 Å². The van der Waals surface area contributed by atoms with Crippen LogP contribution in [0.1, 0.15) is 48.4 Å². The third-order valence-corrected chi connectivity index (χ3v) is 6.28. The van der Waals surface area contributed by atoms with E-state index < -0.39 is 6.04 Å². The van der Waals surface area contributed by atoms with Gasteiger partial charge in [-0.05, 0) is 42.9 Å². The number of aromatic nitrogens is 2. The van der Waals surface area contributed by atoms with Crippen molar-refractivity contribution in [3.8, 4) is 0 Å². The lowest BCUT2D eigenvalue weighted by molar-refractivity contribution is -0.126. The molecular formula is C24H29N5O3. The zero-order valence-corrected chi connectivity index (χ0v) is 18.5. The third kappa shape index (κ3) is 4.36. The number of hydrogen-bond acceptors (Lipinski definition) is 6. The number of fused-ring (bicyclic) bond motifs is 1. The molecule has 0 aliphatic carbocycles. The van der Waals surface area contributed by atoms with Crippen LogP contribution in [0.25, 0.3) is 0 Å². The number of piperidine rings is 1. The number of aliphatic hydroxyl groups is 1. The zero-order chi connectivity index (χ0) is 22.8. The number of hydrogen-bond donors (Lipinski definition) is 3. The van der Waals surface area contributed by atoms with Crippen molar-refractivity contribution in [1.29, 1.82) is 0 Å². The molecule has 1 aromatic carbocycles. The summed E-state index contributed by atoms with van der Waals surface area (Å²) in [5.74, 6) is 1.39. The lowest BCUT2D eigenvalue weighted by atomic mass is 9.93. The van der Waals surface area contributed by atoms with Crippen molar-refractivity contribution in [3.05, 3.63) is 59.7 Å². The molecule has 0 radical (unpaired) electrons. The van der Waals surface area contributed by atoms with Crippen LogP contribution in [-0.4, -0.2) is 44.4 Å². The van der Waals surface area contributed by atoms with Crippen LogP contribution in [0.4, 0.5) is 11.5 Å². The summed E-state index contributed by atoms with van der Waals surface area (Å²) in [5, 5.41) is 15.7. The largest absolute Gasteiger partial charge is 0.396 e. The van der Waals surface area contributed by atoms with Crippen molar-refractivity contribution in [2.24, 2.45) is 11.8 Å². The maximum Gasteiger partial charge on any atom is 0.255 e. The van der Waals surface area contributed by atoms with Gasteiger partial charge in [0.2, 0.25) is 5.91 Å². The minimum Gasteiger partial charge on any atom is -0.396 e. The zero-order valence-electron chi connectivity index (χ0n) is 18.5. The van der Waals surface area contributed by atoms with Gasteiger partial charge in [-0.2, -0.15) is 0 Å². The first-order chi connectivity index (χ1) is 15.4. The fraction of sp³-hybridized carbons (Fsp3) is 0.417. The van der Waals surface area contributed by atoms with Crippen molar-refractivity contribution in [1.82, 2.24) is 20.2 Å². The maximum absolute atomic E-state index is 13.0. The first-order valence-electron chi connectivity index (χ1n) is 11.0. The summed E-state index contributed by atoms with van der Waals surface area (Å²) in [4.78, 5) is 36.1. The van der Waals surface area contributed by atoms with E-state index in [1.54, 1.807) is 23.2 Å². The summed E-state index contributed by atoms with van der Waals surface area (Å²) < 4.78 is 0. The van der Waals surface area contributed by atoms with Crippen molar-refractivity contribution in [3.63, 3.8) is 0 Å². The van der Waals surface area contributed by atoms with E-state index in [1.807, 2.05) is 12.1 Å². The molecule has 2 unspecified atom stereocenters. The molecule has 1 saturated heterocycles. The highest BCUT2D eigenvalue weighted by atomic mass is 16.3. The number of anilines is 2. The normalized spacial score (nSPS) is 19.2. The summed E-state index contributed by atoms with van der Waals surface area (Å²) >= 11 is 0. The molecule has 8 heteroatoms. The Morgan fingerprint density at radius 3 is 2.84 bits per heavy atom. The molecule has 4 rings (SSSR count). The van der Waals surface area contributed by atoms with Crippen LogP contribution < -0.4 is 10.6 Å². The topological polar surface area (TPSA) is 107 Å². The smallest absolute Gasteiger partial charge is 0.255 e. The average molecular weight is 436 g/mol. The molecule has 1 fully saturated rings. The molecular weight excluding hydrogens is 406 g/mol. The molecule has 2 amide bonds. The van der Waals surface area contributed by atoms with Gasteiger partial charge in [0, 0.05) is 48.3 Å². The summed E-state index contributed by atoms with van der Waals surface area (Å²) in [7, 11) is 0. The first kappa shape index (κ1) is 22.0. The van der Waals surface area contributed by atoms with Gasteiger partial charge in [-0.1, -0.05) is 26.5 Å². The highest BCUT2D eigenvalue weighted by molar-refractivity contribution is 6.03. The monoisotopic (exact) mass is 435 g/mol. The van der Waals surface area contributed by atoms with Gasteiger partial charge in [-0.25, -0.2) is 9.97 Å². The molecule has 2 aliphatic rings. The minimum atomic E-state index is -0.495. The number of allylic oxidation sites excluding steroid dienone is 1. The van der Waals surface area contributed by atoms with Crippen LogP contribution in [0, 0.1) is 11.8 Å². The molecule has 0 saturated carbocycles. The number of nitrogens with zero attached hydrogens (tertiary/aromatic N) is 3. The second-order valence-electron chi connectivity index (χ2n) is 8.79. The molecule has 168 valence electrons. The Hall–Kier alpha value is -3.26. The SMILES string of the molecule is C=C1CCC(N2Cc3c(Nc4ccnc(CC(CO)C(C)C)n4)cccc3C2=O)C(=O)N1. The molecule has 2 atom stereocenters. The Bertz CT molecular complexity index is 1050. The Morgan fingerprint density at radius 1 is 1.31 bits per heavy atom. The predicted octanol–water partition coefficient (Wildman–Crippen LogP) is 2.78. The number of amides is 2. The van der Waals surface area contributed by atoms with Gasteiger partial charge < -0.3 is 20.6 Å². The number of carbonyl (C=O) groups excluding carboxylic acids is 2. The van der Waals surface area contributed by atoms with Gasteiger partial charge >= 0.3 is 0 Å². The molecule has 0 bridgehead atoms. The molecule has 3 heterocycles. The predicted molar refractivity (Wildman–Crippen MR) is 121 cm³/mol. The van der Waals surface area contributed by atoms with E-state index in [4.69, 9.17) is 0 Å². The quantitative estimate of drug-likeness (QED) is 0.617. The van der Waals surface area contributed by atoms with E-state index in [0.717, 1.165) is 11.3 Å². The second-order valence-corrected chi connectivity index (χ2v) is 8.79. The van der Waals surface area contributed by atoms with Gasteiger partial charge in [0.15, 0.2) is 0 Å². The molecule has 1 aromatic heterocycles. The van der Waals surface area contributed by atoms with Crippen LogP contribution in [0.5, 0.6) is 0 Å². The van der Waals surface area contributed by atoms with E-state index >= 15 is 0 Å². The van der Waals surface area contributed by atoms with E-state index in [1.165, 1.54) is 0 Å². The van der Waals surface area contributed by atoms with Crippen molar-refractivity contribution in [2.75, 3.05) is 11.9 Å². The number of nitrogens with one attached hydrogen (secondary N) is 2. The summed E-state index contributed by atoms with van der Waals surface area (Å²) in [5.41, 5.74) is 2.93. The molecule has 0 spiro atoms. The number of carbonyl (C=O) groups is 2. The Labute approximate surface area is 187 Å². The van der Waals surface area contributed by atoms with Crippen LogP contribution >= 0.6 is 0 Å². The van der Waals surface area contributed by atoms with Gasteiger partial charge in [0.25, 0.3) is 5.91 Å². The van der Waals surface area contributed by atoms with Crippen LogP contribution in [0.2, 0.25) is 0 Å². The van der Waals surface area contributed by atoms with E-state index in [9.17, 15) is 14.7 Å². The average Bonchev–Trinajstić information content (AvgIpc) is 3.09. The third-order valence-electron chi connectivity index (χ3n) is 6.28. The van der Waals surface area contributed by atoms with Crippen molar-refractivity contribution < 1.29 is 14.7 Å². The minimum absolute atomic E-state index is 0.0882. The summed E-state index contributed by atoms with van der Waals surface area (Å²) in [6, 6.07) is 6.81. The molecule has 2 aromatic rings. The molecule has 32 heavy (non-hydrogen) atoms. The number of benzene rings is 1. The lowest BCUT2D eigenvalue weighted by Gasteiger charge is -2.31. The Morgan fingerprint density at radius 2 is 2.12 bits per heavy atom. The van der Waals surface area contributed by atoms with Gasteiger partial charge in [0.1, 0.15) is 17.7 Å². The molecule has 3 N–H and O–H groups in total.